The molecule has 0 aliphatic carbocycles. The second kappa shape index (κ2) is 6.44. The third-order valence-electron chi connectivity index (χ3n) is 4.23. The smallest absolute Gasteiger partial charge is 0.264 e. The number of fused-ring (bicyclic) bond motifs is 1. The number of nitrogens with one attached hydrogen (secondary N) is 1. The molecule has 26 heavy (non-hydrogen) atoms. The van der Waals surface area contributed by atoms with Crippen molar-refractivity contribution in [1.29, 1.82) is 0 Å². The zero-order valence-electron chi connectivity index (χ0n) is 13.9. The molecule has 2 aromatic heterocycles. The predicted octanol–water partition coefficient (Wildman–Crippen LogP) is 2.98. The lowest BCUT2D eigenvalue weighted by molar-refractivity contribution is 0.414. The van der Waals surface area contributed by atoms with Gasteiger partial charge in [-0.05, 0) is 29.8 Å². The van der Waals surface area contributed by atoms with Gasteiger partial charge in [0.1, 0.15) is 17.0 Å². The Labute approximate surface area is 147 Å². The summed E-state index contributed by atoms with van der Waals surface area (Å²) in [5.41, 5.74) is 1.64. The van der Waals surface area contributed by atoms with Gasteiger partial charge in [-0.15, -0.1) is 0 Å². The molecule has 0 spiro atoms. The highest BCUT2D eigenvalue weighted by molar-refractivity contribution is 5.84. The average molecular weight is 350 g/mol. The SMILES string of the molecule is COc1cccc(Cn2cnc3ccc(-c4cn[nH]c4)c(F)c3c2=O)c1. The molecule has 0 bridgehead atoms. The molecular formula is C19H15FN4O2. The van der Waals surface area contributed by atoms with Crippen LogP contribution in [0.15, 0.2) is 59.9 Å². The van der Waals surface area contributed by atoms with Crippen LogP contribution < -0.4 is 10.3 Å². The third kappa shape index (κ3) is 2.73. The van der Waals surface area contributed by atoms with E-state index in [4.69, 9.17) is 4.74 Å². The molecule has 0 aliphatic heterocycles. The van der Waals surface area contributed by atoms with Crippen LogP contribution >= 0.6 is 0 Å². The fourth-order valence-electron chi connectivity index (χ4n) is 2.91. The number of nitrogens with zero attached hydrogens (tertiary/aromatic N) is 3. The first-order valence-corrected chi connectivity index (χ1v) is 7.97. The Morgan fingerprint density at radius 1 is 1.27 bits per heavy atom. The Balaban J connectivity index is 1.83. The predicted molar refractivity (Wildman–Crippen MR) is 95.6 cm³/mol. The van der Waals surface area contributed by atoms with Crippen molar-refractivity contribution >= 4 is 10.9 Å². The quantitative estimate of drug-likeness (QED) is 0.614. The maximum Gasteiger partial charge on any atom is 0.264 e. The van der Waals surface area contributed by atoms with Gasteiger partial charge in [0.25, 0.3) is 5.56 Å². The average Bonchev–Trinajstić information content (AvgIpc) is 3.19. The molecule has 0 amide bonds. The van der Waals surface area contributed by atoms with Crippen molar-refractivity contribution in [1.82, 2.24) is 19.7 Å². The van der Waals surface area contributed by atoms with E-state index < -0.39 is 11.4 Å². The fraction of sp³-hybridized carbons (Fsp3) is 0.105. The van der Waals surface area contributed by atoms with Crippen LogP contribution in [0.5, 0.6) is 5.75 Å². The van der Waals surface area contributed by atoms with Crippen molar-refractivity contribution in [3.05, 3.63) is 76.9 Å². The van der Waals surface area contributed by atoms with E-state index in [9.17, 15) is 4.79 Å². The van der Waals surface area contributed by atoms with E-state index >= 15 is 4.39 Å². The minimum absolute atomic E-state index is 0.0332. The minimum Gasteiger partial charge on any atom is -0.497 e. The summed E-state index contributed by atoms with van der Waals surface area (Å²) in [6, 6.07) is 10.6. The van der Waals surface area contributed by atoms with E-state index in [1.54, 1.807) is 25.4 Å². The van der Waals surface area contributed by atoms with E-state index in [1.807, 2.05) is 24.3 Å². The number of hydrogen-bond acceptors (Lipinski definition) is 4. The number of halogens is 1. The molecule has 0 aliphatic rings. The maximum atomic E-state index is 15.0. The Kier molecular flexibility index (Phi) is 3.96. The third-order valence-corrected chi connectivity index (χ3v) is 4.23. The molecule has 4 rings (SSSR count). The van der Waals surface area contributed by atoms with Crippen LogP contribution in [0, 0.1) is 5.82 Å². The molecule has 0 radical (unpaired) electrons. The lowest BCUT2D eigenvalue weighted by atomic mass is 10.1. The number of rotatable bonds is 4. The summed E-state index contributed by atoms with van der Waals surface area (Å²) >= 11 is 0. The van der Waals surface area contributed by atoms with Crippen LogP contribution in [0.3, 0.4) is 0 Å². The van der Waals surface area contributed by atoms with E-state index in [2.05, 4.69) is 15.2 Å². The molecule has 0 saturated heterocycles. The summed E-state index contributed by atoms with van der Waals surface area (Å²) in [5, 5.41) is 6.44. The summed E-state index contributed by atoms with van der Waals surface area (Å²) in [5.74, 6) is 0.0964. The number of benzene rings is 2. The standard InChI is InChI=1S/C19H15FN4O2/c1-26-14-4-2-3-12(7-14)10-24-11-21-16-6-5-15(13-8-22-23-9-13)18(20)17(16)19(24)25/h2-9,11H,10H2,1H3,(H,22,23). The van der Waals surface area contributed by atoms with Gasteiger partial charge in [-0.25, -0.2) is 9.37 Å². The lowest BCUT2D eigenvalue weighted by Gasteiger charge is -2.10. The number of H-pyrrole nitrogens is 1. The molecule has 130 valence electrons. The molecule has 2 aromatic carbocycles. The van der Waals surface area contributed by atoms with Crippen LogP contribution in [0.4, 0.5) is 4.39 Å². The van der Waals surface area contributed by atoms with Crippen LogP contribution in [-0.4, -0.2) is 26.9 Å². The summed E-state index contributed by atoms with van der Waals surface area (Å²) < 4.78 is 21.6. The van der Waals surface area contributed by atoms with E-state index in [1.165, 1.54) is 17.1 Å². The first-order valence-electron chi connectivity index (χ1n) is 7.97. The Morgan fingerprint density at radius 3 is 2.92 bits per heavy atom. The van der Waals surface area contributed by atoms with Gasteiger partial charge in [0.2, 0.25) is 0 Å². The molecule has 4 aromatic rings. The molecule has 0 fully saturated rings. The van der Waals surface area contributed by atoms with Gasteiger partial charge in [-0.3, -0.25) is 14.5 Å². The minimum atomic E-state index is -0.596. The Bertz CT molecular complexity index is 1140. The first kappa shape index (κ1) is 16.0. The number of aromatic nitrogens is 4. The molecule has 6 nitrogen and oxygen atoms in total. The molecule has 0 saturated carbocycles. The van der Waals surface area contributed by atoms with Gasteiger partial charge in [0, 0.05) is 17.3 Å². The fourth-order valence-corrected chi connectivity index (χ4v) is 2.91. The summed E-state index contributed by atoms with van der Waals surface area (Å²) in [7, 11) is 1.58. The van der Waals surface area contributed by atoms with Crippen molar-refractivity contribution in [2.75, 3.05) is 7.11 Å². The Hall–Kier alpha value is -3.48. The van der Waals surface area contributed by atoms with Crippen LogP contribution in [-0.2, 0) is 6.54 Å². The normalized spacial score (nSPS) is 11.0. The topological polar surface area (TPSA) is 72.8 Å². The highest BCUT2D eigenvalue weighted by atomic mass is 19.1. The molecular weight excluding hydrogens is 335 g/mol. The number of methoxy groups -OCH3 is 1. The summed E-state index contributed by atoms with van der Waals surface area (Å²) in [4.78, 5) is 17.1. The zero-order valence-corrected chi connectivity index (χ0v) is 13.9. The summed E-state index contributed by atoms with van der Waals surface area (Å²) in [6.07, 6.45) is 4.52. The van der Waals surface area contributed by atoms with Gasteiger partial charge in [0.05, 0.1) is 31.7 Å². The van der Waals surface area contributed by atoms with Crippen molar-refractivity contribution < 1.29 is 9.13 Å². The van der Waals surface area contributed by atoms with Crippen molar-refractivity contribution in [2.45, 2.75) is 6.54 Å². The number of aromatic amines is 1. The molecule has 0 atom stereocenters. The Morgan fingerprint density at radius 2 is 2.15 bits per heavy atom. The van der Waals surface area contributed by atoms with Crippen LogP contribution in [0.25, 0.3) is 22.0 Å². The lowest BCUT2D eigenvalue weighted by Crippen LogP contribution is -2.22. The van der Waals surface area contributed by atoms with Gasteiger partial charge in [-0.1, -0.05) is 12.1 Å². The van der Waals surface area contributed by atoms with E-state index in [-0.39, 0.29) is 11.9 Å². The van der Waals surface area contributed by atoms with Gasteiger partial charge >= 0.3 is 0 Å². The second-order valence-corrected chi connectivity index (χ2v) is 5.84. The maximum absolute atomic E-state index is 15.0. The second-order valence-electron chi connectivity index (χ2n) is 5.84. The van der Waals surface area contributed by atoms with Gasteiger partial charge in [0.15, 0.2) is 0 Å². The number of hydrogen-bond donors (Lipinski definition) is 1. The molecule has 1 N–H and O–H groups in total. The molecule has 7 heteroatoms. The van der Waals surface area contributed by atoms with Crippen LogP contribution in [0.2, 0.25) is 0 Å². The highest BCUT2D eigenvalue weighted by Crippen LogP contribution is 2.25. The summed E-state index contributed by atoms with van der Waals surface area (Å²) in [6.45, 7) is 0.272. The molecule has 2 heterocycles. The van der Waals surface area contributed by atoms with Crippen molar-refractivity contribution in [3.63, 3.8) is 0 Å². The van der Waals surface area contributed by atoms with E-state index in [0.29, 0.717) is 22.4 Å². The first-order chi connectivity index (χ1) is 12.7. The number of ether oxygens (including phenoxy) is 1. The van der Waals surface area contributed by atoms with Crippen molar-refractivity contribution in [3.8, 4) is 16.9 Å². The largest absolute Gasteiger partial charge is 0.497 e. The van der Waals surface area contributed by atoms with Gasteiger partial charge in [-0.2, -0.15) is 5.10 Å². The molecule has 0 unspecified atom stereocenters. The van der Waals surface area contributed by atoms with Crippen molar-refractivity contribution in [2.24, 2.45) is 0 Å². The van der Waals surface area contributed by atoms with Crippen LogP contribution in [0.1, 0.15) is 5.56 Å². The highest BCUT2D eigenvalue weighted by Gasteiger charge is 2.15. The zero-order chi connectivity index (χ0) is 18.1. The monoisotopic (exact) mass is 350 g/mol. The van der Waals surface area contributed by atoms with Gasteiger partial charge < -0.3 is 4.74 Å². The van der Waals surface area contributed by atoms with E-state index in [0.717, 1.165) is 5.56 Å².